The molecule has 158 valence electrons. The lowest BCUT2D eigenvalue weighted by atomic mass is 10.2. The van der Waals surface area contributed by atoms with Crippen molar-refractivity contribution in [1.29, 1.82) is 0 Å². The molecule has 1 unspecified atom stereocenters. The van der Waals surface area contributed by atoms with Crippen LogP contribution in [-0.4, -0.2) is 31.4 Å². The molecule has 1 N–H and O–H groups in total. The second kappa shape index (κ2) is 9.73. The topological polar surface area (TPSA) is 83.1 Å². The zero-order chi connectivity index (χ0) is 21.5. The van der Waals surface area contributed by atoms with Crippen molar-refractivity contribution in [3.63, 3.8) is 0 Å². The fourth-order valence-electron chi connectivity index (χ4n) is 2.58. The van der Waals surface area contributed by atoms with Gasteiger partial charge >= 0.3 is 12.6 Å². The van der Waals surface area contributed by atoms with Gasteiger partial charge in [0.1, 0.15) is 5.75 Å². The number of rotatable bonds is 8. The molecule has 3 rings (SSSR count). The van der Waals surface area contributed by atoms with Crippen molar-refractivity contribution in [3.8, 4) is 17.2 Å². The maximum absolute atomic E-state index is 12.1. The van der Waals surface area contributed by atoms with Crippen LogP contribution < -0.4 is 19.5 Å². The first-order valence-electron chi connectivity index (χ1n) is 9.00. The molecule has 0 aromatic heterocycles. The van der Waals surface area contributed by atoms with Crippen LogP contribution in [-0.2, 0) is 20.9 Å². The lowest BCUT2D eigenvalue weighted by Crippen LogP contribution is -2.35. The van der Waals surface area contributed by atoms with Gasteiger partial charge < -0.3 is 24.3 Å². The number of alkyl halides is 2. The average Bonchev–Trinajstić information content (AvgIpc) is 3.19. The zero-order valence-electron chi connectivity index (χ0n) is 16.0. The minimum atomic E-state index is -2.90. The Balaban J connectivity index is 1.45. The van der Waals surface area contributed by atoms with Crippen LogP contribution in [0.5, 0.6) is 17.2 Å². The van der Waals surface area contributed by atoms with Crippen LogP contribution in [0.2, 0.25) is 0 Å². The fourth-order valence-corrected chi connectivity index (χ4v) is 2.58. The van der Waals surface area contributed by atoms with Crippen LogP contribution in [0.4, 0.5) is 8.78 Å². The molecule has 0 fully saturated rings. The number of ether oxygens (including phenoxy) is 4. The van der Waals surface area contributed by atoms with E-state index in [0.717, 1.165) is 11.6 Å². The molecular weight excluding hydrogens is 400 g/mol. The average molecular weight is 419 g/mol. The van der Waals surface area contributed by atoms with E-state index < -0.39 is 24.6 Å². The highest BCUT2D eigenvalue weighted by Crippen LogP contribution is 2.32. The smallest absolute Gasteiger partial charge is 0.387 e. The lowest BCUT2D eigenvalue weighted by molar-refractivity contribution is -0.150. The Bertz CT molecular complexity index is 930. The third-order valence-corrected chi connectivity index (χ3v) is 4.08. The molecule has 1 atom stereocenters. The van der Waals surface area contributed by atoms with E-state index >= 15 is 0 Å². The van der Waals surface area contributed by atoms with Gasteiger partial charge in [-0.1, -0.05) is 18.2 Å². The summed E-state index contributed by atoms with van der Waals surface area (Å²) in [5, 5.41) is 2.68. The predicted molar refractivity (Wildman–Crippen MR) is 102 cm³/mol. The van der Waals surface area contributed by atoms with Crippen LogP contribution in [0.25, 0.3) is 6.08 Å². The molecule has 1 heterocycles. The molecule has 0 saturated heterocycles. The molecular formula is C21H19F2NO6. The van der Waals surface area contributed by atoms with E-state index in [1.165, 1.54) is 37.3 Å². The maximum Gasteiger partial charge on any atom is 0.387 e. The number of carbonyl (C=O) groups is 2. The molecule has 0 radical (unpaired) electrons. The third kappa shape index (κ3) is 5.94. The number of amides is 1. The van der Waals surface area contributed by atoms with E-state index in [2.05, 4.69) is 10.1 Å². The van der Waals surface area contributed by atoms with Gasteiger partial charge in [0.05, 0.1) is 0 Å². The first-order valence-corrected chi connectivity index (χ1v) is 9.00. The van der Waals surface area contributed by atoms with Gasteiger partial charge in [0.25, 0.3) is 5.91 Å². The molecule has 0 bridgehead atoms. The van der Waals surface area contributed by atoms with Crippen molar-refractivity contribution in [2.24, 2.45) is 0 Å². The largest absolute Gasteiger partial charge is 0.454 e. The second-order valence-corrected chi connectivity index (χ2v) is 6.27. The van der Waals surface area contributed by atoms with Gasteiger partial charge in [-0.2, -0.15) is 8.78 Å². The lowest BCUT2D eigenvalue weighted by Gasteiger charge is -2.12. The van der Waals surface area contributed by atoms with Crippen molar-refractivity contribution >= 4 is 18.0 Å². The highest BCUT2D eigenvalue weighted by Gasteiger charge is 2.17. The monoisotopic (exact) mass is 419 g/mol. The summed E-state index contributed by atoms with van der Waals surface area (Å²) in [4.78, 5) is 24.0. The Morgan fingerprint density at radius 3 is 2.60 bits per heavy atom. The van der Waals surface area contributed by atoms with Crippen molar-refractivity contribution in [1.82, 2.24) is 5.32 Å². The molecule has 2 aromatic rings. The molecule has 30 heavy (non-hydrogen) atoms. The third-order valence-electron chi connectivity index (χ3n) is 4.08. The summed E-state index contributed by atoms with van der Waals surface area (Å²) in [5.74, 6) is 0.101. The molecule has 0 saturated carbocycles. The van der Waals surface area contributed by atoms with Crippen molar-refractivity contribution in [2.75, 3.05) is 6.79 Å². The SMILES string of the molecule is CC(OC(=O)/C=C/c1ccc(OC(F)F)cc1)C(=O)NCc1ccc2c(c1)OCO2. The van der Waals surface area contributed by atoms with Gasteiger partial charge in [-0.25, -0.2) is 4.79 Å². The van der Waals surface area contributed by atoms with Crippen molar-refractivity contribution in [2.45, 2.75) is 26.2 Å². The first kappa shape index (κ1) is 21.1. The van der Waals surface area contributed by atoms with Crippen LogP contribution in [0, 0.1) is 0 Å². The van der Waals surface area contributed by atoms with E-state index in [1.807, 2.05) is 0 Å². The number of carbonyl (C=O) groups excluding carboxylic acids is 2. The quantitative estimate of drug-likeness (QED) is 0.522. The summed E-state index contributed by atoms with van der Waals surface area (Å²) < 4.78 is 44.1. The van der Waals surface area contributed by atoms with Gasteiger partial charge in [0.15, 0.2) is 17.6 Å². The maximum atomic E-state index is 12.1. The van der Waals surface area contributed by atoms with E-state index in [0.29, 0.717) is 17.1 Å². The predicted octanol–water partition coefficient (Wildman–Crippen LogP) is 3.28. The molecule has 1 amide bonds. The summed E-state index contributed by atoms with van der Waals surface area (Å²) in [6.45, 7) is -1.05. The van der Waals surface area contributed by atoms with Crippen LogP contribution >= 0.6 is 0 Å². The van der Waals surface area contributed by atoms with Crippen LogP contribution in [0.1, 0.15) is 18.1 Å². The summed E-state index contributed by atoms with van der Waals surface area (Å²) in [5.41, 5.74) is 1.39. The highest BCUT2D eigenvalue weighted by atomic mass is 19.3. The number of fused-ring (bicyclic) bond motifs is 1. The Kier molecular flexibility index (Phi) is 6.84. The van der Waals surface area contributed by atoms with Crippen LogP contribution in [0.3, 0.4) is 0 Å². The molecule has 1 aliphatic rings. The summed E-state index contributed by atoms with van der Waals surface area (Å²) in [6.07, 6.45) is 1.58. The highest BCUT2D eigenvalue weighted by molar-refractivity contribution is 5.90. The Morgan fingerprint density at radius 1 is 1.13 bits per heavy atom. The minimum Gasteiger partial charge on any atom is -0.454 e. The van der Waals surface area contributed by atoms with Gasteiger partial charge in [-0.3, -0.25) is 4.79 Å². The fraction of sp³-hybridized carbons (Fsp3) is 0.238. The molecule has 7 nitrogen and oxygen atoms in total. The van der Waals surface area contributed by atoms with Gasteiger partial charge in [-0.15, -0.1) is 0 Å². The van der Waals surface area contributed by atoms with Crippen LogP contribution in [0.15, 0.2) is 48.5 Å². The summed E-state index contributed by atoms with van der Waals surface area (Å²) in [7, 11) is 0. The second-order valence-electron chi connectivity index (χ2n) is 6.27. The number of halogens is 2. The summed E-state index contributed by atoms with van der Waals surface area (Å²) >= 11 is 0. The van der Waals surface area contributed by atoms with E-state index in [9.17, 15) is 18.4 Å². The Labute approximate surface area is 171 Å². The minimum absolute atomic E-state index is 0.0116. The van der Waals surface area contributed by atoms with Gasteiger partial charge in [-0.05, 0) is 48.4 Å². The Morgan fingerprint density at radius 2 is 1.87 bits per heavy atom. The molecule has 2 aromatic carbocycles. The number of hydrogen-bond donors (Lipinski definition) is 1. The standard InChI is InChI=1S/C21H19F2NO6/c1-13(20(26)24-11-15-4-8-17-18(10-15)28-12-27-17)29-19(25)9-5-14-2-6-16(7-3-14)30-21(22)23/h2-10,13,21H,11-12H2,1H3,(H,24,26)/b9-5+. The molecule has 0 spiro atoms. The number of esters is 1. The van der Waals surface area contributed by atoms with Crippen molar-refractivity contribution in [3.05, 3.63) is 59.7 Å². The number of nitrogens with one attached hydrogen (secondary N) is 1. The van der Waals surface area contributed by atoms with Crippen molar-refractivity contribution < 1.29 is 37.3 Å². The van der Waals surface area contributed by atoms with E-state index in [1.54, 1.807) is 18.2 Å². The Hall–Kier alpha value is -3.62. The first-order chi connectivity index (χ1) is 14.4. The molecule has 9 heteroatoms. The van der Waals surface area contributed by atoms with E-state index in [-0.39, 0.29) is 19.1 Å². The summed E-state index contributed by atoms with van der Waals surface area (Å²) in [6, 6.07) is 11.0. The number of benzene rings is 2. The number of hydrogen-bond acceptors (Lipinski definition) is 6. The van der Waals surface area contributed by atoms with Gasteiger partial charge in [0, 0.05) is 12.6 Å². The zero-order valence-corrected chi connectivity index (χ0v) is 16.0. The van der Waals surface area contributed by atoms with Gasteiger partial charge in [0.2, 0.25) is 6.79 Å². The molecule has 0 aliphatic carbocycles. The van der Waals surface area contributed by atoms with E-state index in [4.69, 9.17) is 14.2 Å². The normalized spacial score (nSPS) is 13.3. The molecule has 1 aliphatic heterocycles.